The van der Waals surface area contributed by atoms with E-state index in [1.54, 1.807) is 0 Å². The summed E-state index contributed by atoms with van der Waals surface area (Å²) in [6, 6.07) is 9.12. The van der Waals surface area contributed by atoms with Gasteiger partial charge in [0.05, 0.1) is 12.9 Å². The van der Waals surface area contributed by atoms with Crippen LogP contribution in [0.25, 0.3) is 11.2 Å². The lowest BCUT2D eigenvalue weighted by Gasteiger charge is -2.19. The molecule has 1 fully saturated rings. The molecule has 4 atom stereocenters. The zero-order valence-electron chi connectivity index (χ0n) is 15.1. The van der Waals surface area contributed by atoms with Gasteiger partial charge in [0.25, 0.3) is 5.56 Å². The molecule has 1 unspecified atom stereocenters. The molecule has 5 N–H and O–H groups in total. The Balaban J connectivity index is 1.73. The van der Waals surface area contributed by atoms with E-state index < -0.39 is 44.5 Å². The maximum absolute atomic E-state index is 12.2. The molecule has 4 rings (SSSR count). The van der Waals surface area contributed by atoms with Crippen LogP contribution in [-0.4, -0.2) is 64.4 Å². The number of nitrogens with one attached hydrogen (secondary N) is 1. The first-order chi connectivity index (χ1) is 14.2. The van der Waals surface area contributed by atoms with Crippen molar-refractivity contribution in [2.45, 2.75) is 34.6 Å². The van der Waals surface area contributed by atoms with E-state index in [0.29, 0.717) is 0 Å². The largest absolute Gasteiger partial charge is 0.469 e. The van der Waals surface area contributed by atoms with Gasteiger partial charge in [0, 0.05) is 4.90 Å². The Labute approximate surface area is 172 Å². The van der Waals surface area contributed by atoms with Gasteiger partial charge in [-0.05, 0) is 12.1 Å². The lowest BCUT2D eigenvalue weighted by atomic mass is 10.1. The summed E-state index contributed by atoms with van der Waals surface area (Å²) in [4.78, 5) is 41.6. The molecule has 0 bridgehead atoms. The maximum Gasteiger partial charge on any atom is 0.469 e. The monoisotopic (exact) mass is 456 g/mol. The Kier molecular flexibility index (Phi) is 5.79. The smallest absolute Gasteiger partial charge is 0.387 e. The fraction of sp³-hybridized carbons (Fsp3) is 0.312. The Hall–Kier alpha value is -2.09. The van der Waals surface area contributed by atoms with E-state index in [0.717, 1.165) is 4.90 Å². The molecular weight excluding hydrogens is 439 g/mol. The summed E-state index contributed by atoms with van der Waals surface area (Å²) in [6.07, 6.45) is -4.28. The van der Waals surface area contributed by atoms with E-state index in [-0.39, 0.29) is 16.3 Å². The molecule has 1 aliphatic rings. The molecule has 3 heterocycles. The summed E-state index contributed by atoms with van der Waals surface area (Å²) in [6.45, 7) is -0.652. The highest BCUT2D eigenvalue weighted by atomic mass is 32.2. The summed E-state index contributed by atoms with van der Waals surface area (Å²) < 4.78 is 22.4. The molecule has 14 heteroatoms. The zero-order valence-corrected chi connectivity index (χ0v) is 16.8. The van der Waals surface area contributed by atoms with E-state index >= 15 is 0 Å². The minimum Gasteiger partial charge on any atom is -0.387 e. The number of ether oxygens (including phenoxy) is 1. The molecular formula is C16H17N4O8PS. The zero-order chi connectivity index (χ0) is 21.5. The molecule has 0 spiro atoms. The van der Waals surface area contributed by atoms with Crippen LogP contribution in [0, 0.1) is 0 Å². The molecule has 0 amide bonds. The Morgan fingerprint density at radius 3 is 2.67 bits per heavy atom. The highest BCUT2D eigenvalue weighted by Crippen LogP contribution is 2.40. The fourth-order valence-electron chi connectivity index (χ4n) is 3.05. The van der Waals surface area contributed by atoms with Crippen LogP contribution in [0.2, 0.25) is 0 Å². The number of hydrogen-bond donors (Lipinski definition) is 5. The molecule has 0 aliphatic carbocycles. The average Bonchev–Trinajstić information content (AvgIpc) is 3.19. The lowest BCUT2D eigenvalue weighted by Crippen LogP contribution is -2.33. The van der Waals surface area contributed by atoms with Gasteiger partial charge in [-0.25, -0.2) is 14.5 Å². The molecule has 1 aliphatic heterocycles. The third-order valence-electron chi connectivity index (χ3n) is 4.40. The van der Waals surface area contributed by atoms with Crippen LogP contribution in [0.1, 0.15) is 6.23 Å². The predicted octanol–water partition coefficient (Wildman–Crippen LogP) is -0.000700. The Morgan fingerprint density at radius 2 is 1.97 bits per heavy atom. The summed E-state index contributed by atoms with van der Waals surface area (Å²) in [7, 11) is -4.80. The van der Waals surface area contributed by atoms with E-state index in [2.05, 4.69) is 19.5 Å². The van der Waals surface area contributed by atoms with Crippen molar-refractivity contribution in [1.29, 1.82) is 0 Å². The third-order valence-corrected chi connectivity index (χ3v) is 5.87. The van der Waals surface area contributed by atoms with Crippen LogP contribution in [0.15, 0.2) is 51.5 Å². The number of aromatic amines is 1. The number of nitrogens with zero attached hydrogens (tertiary/aromatic N) is 3. The topological polar surface area (TPSA) is 180 Å². The fourth-order valence-corrected chi connectivity index (χ4v) is 4.32. The van der Waals surface area contributed by atoms with Gasteiger partial charge in [0.1, 0.15) is 18.3 Å². The lowest BCUT2D eigenvalue weighted by molar-refractivity contribution is -0.0541. The van der Waals surface area contributed by atoms with Gasteiger partial charge >= 0.3 is 7.82 Å². The van der Waals surface area contributed by atoms with E-state index in [1.165, 1.54) is 22.7 Å². The quantitative estimate of drug-likeness (QED) is 0.315. The summed E-state index contributed by atoms with van der Waals surface area (Å²) >= 11 is 1.19. The Morgan fingerprint density at radius 1 is 1.23 bits per heavy atom. The van der Waals surface area contributed by atoms with E-state index in [4.69, 9.17) is 14.5 Å². The van der Waals surface area contributed by atoms with E-state index in [1.807, 2.05) is 30.3 Å². The third kappa shape index (κ3) is 4.19. The van der Waals surface area contributed by atoms with Crippen LogP contribution >= 0.6 is 19.6 Å². The number of imidazole rings is 1. The van der Waals surface area contributed by atoms with Crippen molar-refractivity contribution in [3.05, 3.63) is 47.0 Å². The molecule has 1 saturated heterocycles. The molecule has 30 heavy (non-hydrogen) atoms. The highest BCUT2D eigenvalue weighted by Gasteiger charge is 2.46. The molecule has 1 aromatic carbocycles. The normalized spacial score (nSPS) is 24.5. The van der Waals surface area contributed by atoms with Crippen LogP contribution in [-0.2, 0) is 13.8 Å². The van der Waals surface area contributed by atoms with Crippen molar-refractivity contribution in [2.24, 2.45) is 0 Å². The first kappa shape index (κ1) is 21.2. The number of phosphoric ester groups is 1. The van der Waals surface area contributed by atoms with Crippen molar-refractivity contribution in [3.8, 4) is 0 Å². The SMILES string of the molecule is O=c1[nH]cnc2c1nc(Sc1ccccc1)n2C1O[C@H](COP(=O)(O)O)[C@@H](O)[C@H]1O. The number of aromatic nitrogens is 4. The minimum atomic E-state index is -4.80. The second kappa shape index (κ2) is 8.21. The van der Waals surface area contributed by atoms with Crippen molar-refractivity contribution in [3.63, 3.8) is 0 Å². The maximum atomic E-state index is 12.2. The van der Waals surface area contributed by atoms with Crippen LogP contribution in [0.3, 0.4) is 0 Å². The molecule has 12 nitrogen and oxygen atoms in total. The minimum absolute atomic E-state index is 0.0103. The standard InChI is InChI=1S/C16H17N4O8PS/c21-11-9(6-27-29(24,25)26)28-15(12(11)22)20-13-10(14(23)18-7-17-13)19-16(20)30-8-4-2-1-3-5-8/h1-5,7,9,11-12,15,21-22H,6H2,(H,17,18,23)(H2,24,25,26)/t9-,11-,12-,15?/m1/s1. The number of aliphatic hydroxyl groups is 2. The molecule has 160 valence electrons. The Bertz CT molecular complexity index is 1150. The number of hydrogen-bond acceptors (Lipinski definition) is 9. The number of fused-ring (bicyclic) bond motifs is 1. The van der Waals surface area contributed by atoms with Gasteiger partial charge in [-0.1, -0.05) is 30.0 Å². The summed E-state index contributed by atoms with van der Waals surface area (Å²) in [5.74, 6) is 0. The van der Waals surface area contributed by atoms with Crippen molar-refractivity contribution >= 4 is 30.7 Å². The van der Waals surface area contributed by atoms with Crippen molar-refractivity contribution < 1.29 is 33.8 Å². The van der Waals surface area contributed by atoms with Gasteiger partial charge < -0.3 is 29.7 Å². The van der Waals surface area contributed by atoms with Gasteiger partial charge in [-0.3, -0.25) is 13.9 Å². The average molecular weight is 456 g/mol. The molecule has 0 saturated carbocycles. The van der Waals surface area contributed by atoms with Gasteiger partial charge in [0.2, 0.25) is 0 Å². The second-order valence-electron chi connectivity index (χ2n) is 6.42. The number of phosphoric acid groups is 1. The molecule has 2 aromatic heterocycles. The molecule has 3 aromatic rings. The summed E-state index contributed by atoms with van der Waals surface area (Å²) in [5.41, 5.74) is -0.371. The first-order valence-electron chi connectivity index (χ1n) is 8.65. The summed E-state index contributed by atoms with van der Waals surface area (Å²) in [5, 5.41) is 21.1. The van der Waals surface area contributed by atoms with Gasteiger partial charge in [-0.2, -0.15) is 0 Å². The number of benzene rings is 1. The number of H-pyrrole nitrogens is 1. The van der Waals surface area contributed by atoms with E-state index in [9.17, 15) is 19.6 Å². The van der Waals surface area contributed by atoms with Crippen molar-refractivity contribution in [1.82, 2.24) is 19.5 Å². The van der Waals surface area contributed by atoms with Gasteiger partial charge in [-0.15, -0.1) is 0 Å². The number of aliphatic hydroxyl groups excluding tert-OH is 2. The molecule has 0 radical (unpaired) electrons. The first-order valence-corrected chi connectivity index (χ1v) is 11.0. The van der Waals surface area contributed by atoms with Crippen LogP contribution in [0.5, 0.6) is 0 Å². The number of rotatable bonds is 6. The second-order valence-corrected chi connectivity index (χ2v) is 8.70. The van der Waals surface area contributed by atoms with Crippen molar-refractivity contribution in [2.75, 3.05) is 6.61 Å². The highest BCUT2D eigenvalue weighted by molar-refractivity contribution is 7.99. The van der Waals surface area contributed by atoms with Crippen LogP contribution < -0.4 is 5.56 Å². The van der Waals surface area contributed by atoms with Crippen LogP contribution in [0.4, 0.5) is 0 Å². The predicted molar refractivity (Wildman–Crippen MR) is 103 cm³/mol. The van der Waals surface area contributed by atoms with Gasteiger partial charge in [0.15, 0.2) is 22.5 Å².